The number of rotatable bonds is 7. The Balaban J connectivity index is 2.60. The second-order valence-electron chi connectivity index (χ2n) is 5.59. The van der Waals surface area contributed by atoms with Gasteiger partial charge in [0.25, 0.3) is 0 Å². The maximum atomic E-state index is 11.8. The summed E-state index contributed by atoms with van der Waals surface area (Å²) < 4.78 is 15.8. The number of methoxy groups -OCH3 is 2. The van der Waals surface area contributed by atoms with Crippen LogP contribution >= 0.6 is 0 Å². The van der Waals surface area contributed by atoms with E-state index >= 15 is 0 Å². The molecule has 0 spiro atoms. The SMILES string of the molecule is CCCOc1c(OC)ccc(-c2cccc(C(=CO)C(=O)OC)c2)c1C#N. The van der Waals surface area contributed by atoms with Crippen LogP contribution in [0.3, 0.4) is 0 Å². The molecule has 0 aliphatic carbocycles. The molecule has 6 nitrogen and oxygen atoms in total. The van der Waals surface area contributed by atoms with Gasteiger partial charge in [-0.2, -0.15) is 5.26 Å². The number of nitriles is 1. The van der Waals surface area contributed by atoms with E-state index in [4.69, 9.17) is 9.47 Å². The van der Waals surface area contributed by atoms with Gasteiger partial charge < -0.3 is 19.3 Å². The van der Waals surface area contributed by atoms with Crippen LogP contribution in [0.1, 0.15) is 24.5 Å². The van der Waals surface area contributed by atoms with Gasteiger partial charge in [0.2, 0.25) is 0 Å². The van der Waals surface area contributed by atoms with Gasteiger partial charge in [-0.3, -0.25) is 0 Å². The monoisotopic (exact) mass is 367 g/mol. The third-order valence-corrected chi connectivity index (χ3v) is 3.92. The summed E-state index contributed by atoms with van der Waals surface area (Å²) in [6.45, 7) is 2.43. The fourth-order valence-corrected chi connectivity index (χ4v) is 2.63. The Labute approximate surface area is 158 Å². The zero-order chi connectivity index (χ0) is 19.8. The van der Waals surface area contributed by atoms with Gasteiger partial charge in [-0.25, -0.2) is 4.79 Å². The normalized spacial score (nSPS) is 10.8. The molecule has 0 bridgehead atoms. The highest BCUT2D eigenvalue weighted by Crippen LogP contribution is 2.38. The Morgan fingerprint density at radius 2 is 2.04 bits per heavy atom. The number of benzene rings is 2. The summed E-state index contributed by atoms with van der Waals surface area (Å²) in [4.78, 5) is 11.8. The number of hydrogen-bond acceptors (Lipinski definition) is 6. The zero-order valence-electron chi connectivity index (χ0n) is 15.5. The smallest absolute Gasteiger partial charge is 0.341 e. The van der Waals surface area contributed by atoms with E-state index in [1.807, 2.05) is 13.0 Å². The first-order chi connectivity index (χ1) is 13.1. The predicted molar refractivity (Wildman–Crippen MR) is 102 cm³/mol. The molecule has 1 N–H and O–H groups in total. The second kappa shape index (κ2) is 9.30. The van der Waals surface area contributed by atoms with E-state index in [1.54, 1.807) is 30.3 Å². The number of nitrogens with zero attached hydrogens (tertiary/aromatic N) is 1. The molecule has 0 radical (unpaired) electrons. The molecule has 0 aromatic heterocycles. The van der Waals surface area contributed by atoms with Crippen molar-refractivity contribution in [1.82, 2.24) is 0 Å². The lowest BCUT2D eigenvalue weighted by Crippen LogP contribution is -2.04. The Hall–Kier alpha value is -3.46. The lowest BCUT2D eigenvalue weighted by Gasteiger charge is -2.15. The number of esters is 1. The van der Waals surface area contributed by atoms with E-state index in [0.717, 1.165) is 6.42 Å². The highest BCUT2D eigenvalue weighted by Gasteiger charge is 2.18. The number of carbonyl (C=O) groups excluding carboxylic acids is 1. The average molecular weight is 367 g/mol. The number of ether oxygens (including phenoxy) is 3. The van der Waals surface area contributed by atoms with Crippen LogP contribution < -0.4 is 9.47 Å². The molecule has 0 fully saturated rings. The number of hydrogen-bond donors (Lipinski definition) is 1. The molecule has 2 aromatic carbocycles. The van der Waals surface area contributed by atoms with Crippen molar-refractivity contribution in [2.45, 2.75) is 13.3 Å². The Morgan fingerprint density at radius 1 is 1.26 bits per heavy atom. The van der Waals surface area contributed by atoms with E-state index in [-0.39, 0.29) is 5.57 Å². The minimum absolute atomic E-state index is 0.0221. The van der Waals surface area contributed by atoms with Gasteiger partial charge in [-0.05, 0) is 35.7 Å². The second-order valence-corrected chi connectivity index (χ2v) is 5.59. The third kappa shape index (κ3) is 4.21. The lowest BCUT2D eigenvalue weighted by atomic mass is 9.95. The Kier molecular flexibility index (Phi) is 6.84. The van der Waals surface area contributed by atoms with Gasteiger partial charge in [0, 0.05) is 5.56 Å². The zero-order valence-corrected chi connectivity index (χ0v) is 15.5. The van der Waals surface area contributed by atoms with Crippen LogP contribution in [0.15, 0.2) is 42.7 Å². The highest BCUT2D eigenvalue weighted by atomic mass is 16.5. The fraction of sp³-hybridized carbons (Fsp3) is 0.238. The molecular formula is C21H21NO5. The Morgan fingerprint density at radius 3 is 2.63 bits per heavy atom. The first kappa shape index (κ1) is 19.9. The number of aliphatic hydroxyl groups excluding tert-OH is 1. The van der Waals surface area contributed by atoms with Crippen LogP contribution in [0.2, 0.25) is 0 Å². The summed E-state index contributed by atoms with van der Waals surface area (Å²) in [5.41, 5.74) is 2.16. The summed E-state index contributed by atoms with van der Waals surface area (Å²) in [5.74, 6) is 0.206. The van der Waals surface area contributed by atoms with Crippen LogP contribution in [0, 0.1) is 11.3 Å². The minimum Gasteiger partial charge on any atom is -0.515 e. The van der Waals surface area contributed by atoms with Crippen molar-refractivity contribution in [3.8, 4) is 28.7 Å². The molecule has 140 valence electrons. The first-order valence-corrected chi connectivity index (χ1v) is 8.38. The largest absolute Gasteiger partial charge is 0.515 e. The van der Waals surface area contributed by atoms with Crippen LogP contribution in [-0.2, 0) is 9.53 Å². The maximum Gasteiger partial charge on any atom is 0.341 e. The summed E-state index contributed by atoms with van der Waals surface area (Å²) in [5, 5.41) is 19.1. The molecular weight excluding hydrogens is 346 g/mol. The van der Waals surface area contributed by atoms with Gasteiger partial charge in [-0.1, -0.05) is 25.1 Å². The van der Waals surface area contributed by atoms with E-state index < -0.39 is 5.97 Å². The highest BCUT2D eigenvalue weighted by molar-refractivity contribution is 6.16. The topological polar surface area (TPSA) is 88.8 Å². The lowest BCUT2D eigenvalue weighted by molar-refractivity contribution is -0.133. The molecule has 27 heavy (non-hydrogen) atoms. The maximum absolute atomic E-state index is 11.8. The molecule has 2 aromatic rings. The van der Waals surface area contributed by atoms with Crippen LogP contribution in [0.4, 0.5) is 0 Å². The van der Waals surface area contributed by atoms with Crippen molar-refractivity contribution in [1.29, 1.82) is 5.26 Å². The fourth-order valence-electron chi connectivity index (χ4n) is 2.63. The first-order valence-electron chi connectivity index (χ1n) is 8.38. The van der Waals surface area contributed by atoms with Crippen molar-refractivity contribution < 1.29 is 24.1 Å². The van der Waals surface area contributed by atoms with Crippen LogP contribution in [-0.4, -0.2) is 31.9 Å². The predicted octanol–water partition coefficient (Wildman–Crippen LogP) is 4.09. The summed E-state index contributed by atoms with van der Waals surface area (Å²) >= 11 is 0. The molecule has 0 saturated heterocycles. The molecule has 0 atom stereocenters. The quantitative estimate of drug-likeness (QED) is 0.450. The van der Waals surface area contributed by atoms with Gasteiger partial charge in [0.1, 0.15) is 17.2 Å². The van der Waals surface area contributed by atoms with Crippen LogP contribution in [0.25, 0.3) is 16.7 Å². The van der Waals surface area contributed by atoms with Gasteiger partial charge in [-0.15, -0.1) is 0 Å². The van der Waals surface area contributed by atoms with Crippen molar-refractivity contribution in [2.24, 2.45) is 0 Å². The summed E-state index contributed by atoms with van der Waals surface area (Å²) in [6.07, 6.45) is 1.50. The van der Waals surface area contributed by atoms with Gasteiger partial charge in [0.05, 0.1) is 27.1 Å². The average Bonchev–Trinajstić information content (AvgIpc) is 2.71. The molecule has 0 amide bonds. The molecule has 0 saturated carbocycles. The van der Waals surface area contributed by atoms with E-state index in [2.05, 4.69) is 10.8 Å². The number of aliphatic hydroxyl groups is 1. The van der Waals surface area contributed by atoms with Crippen molar-refractivity contribution >= 4 is 11.5 Å². The number of carbonyl (C=O) groups is 1. The van der Waals surface area contributed by atoms with Crippen molar-refractivity contribution in [3.05, 3.63) is 53.8 Å². The summed E-state index contributed by atoms with van der Waals surface area (Å²) in [6, 6.07) is 12.6. The summed E-state index contributed by atoms with van der Waals surface area (Å²) in [7, 11) is 2.76. The minimum atomic E-state index is -0.656. The molecule has 0 aliphatic rings. The van der Waals surface area contributed by atoms with E-state index in [9.17, 15) is 15.2 Å². The molecule has 0 aliphatic heterocycles. The van der Waals surface area contributed by atoms with Gasteiger partial charge in [0.15, 0.2) is 11.5 Å². The molecule has 0 unspecified atom stereocenters. The van der Waals surface area contributed by atoms with E-state index in [0.29, 0.717) is 46.6 Å². The van der Waals surface area contributed by atoms with E-state index in [1.165, 1.54) is 14.2 Å². The third-order valence-electron chi connectivity index (χ3n) is 3.92. The van der Waals surface area contributed by atoms with Crippen molar-refractivity contribution in [2.75, 3.05) is 20.8 Å². The molecule has 6 heteroatoms. The van der Waals surface area contributed by atoms with Crippen molar-refractivity contribution in [3.63, 3.8) is 0 Å². The Bertz CT molecular complexity index is 896. The molecule has 0 heterocycles. The molecule has 2 rings (SSSR count). The van der Waals surface area contributed by atoms with Gasteiger partial charge >= 0.3 is 5.97 Å². The standard InChI is InChI=1S/C21H21NO5/c1-4-10-27-20-17(12-22)16(8-9-19(20)25-2)14-6-5-7-15(11-14)18(13-23)21(24)26-3/h5-9,11,13,23H,4,10H2,1-3H3. The van der Waals surface area contributed by atoms with Crippen LogP contribution in [0.5, 0.6) is 11.5 Å².